The van der Waals surface area contributed by atoms with Crippen LogP contribution in [-0.4, -0.2) is 31.7 Å². The quantitative estimate of drug-likeness (QED) is 0.882. The van der Waals surface area contributed by atoms with E-state index in [0.717, 1.165) is 5.69 Å². The van der Waals surface area contributed by atoms with Crippen molar-refractivity contribution >= 4 is 11.6 Å². The maximum Gasteiger partial charge on any atom is 0.257 e. The summed E-state index contributed by atoms with van der Waals surface area (Å²) in [6.45, 7) is 7.80. The lowest BCUT2D eigenvalue weighted by atomic mass is 9.85. The monoisotopic (exact) mass is 262 g/mol. The molecule has 1 aromatic carbocycles. The highest BCUT2D eigenvalue weighted by Crippen LogP contribution is 2.32. The van der Waals surface area contributed by atoms with Crippen molar-refractivity contribution in [2.45, 2.75) is 32.3 Å². The Hall–Kier alpha value is -1.39. The van der Waals surface area contributed by atoms with E-state index in [-0.39, 0.29) is 17.9 Å². The molecule has 2 rings (SSSR count). The molecule has 1 amide bonds. The van der Waals surface area contributed by atoms with Crippen LogP contribution in [0.5, 0.6) is 0 Å². The highest BCUT2D eigenvalue weighted by molar-refractivity contribution is 5.98. The van der Waals surface area contributed by atoms with Gasteiger partial charge in [0.05, 0.1) is 6.61 Å². The Morgan fingerprint density at radius 1 is 1.37 bits per heavy atom. The molecule has 104 valence electrons. The fourth-order valence-electron chi connectivity index (χ4n) is 2.39. The highest BCUT2D eigenvalue weighted by Gasteiger charge is 2.32. The van der Waals surface area contributed by atoms with Crippen molar-refractivity contribution in [3.8, 4) is 0 Å². The summed E-state index contributed by atoms with van der Waals surface area (Å²) in [5.74, 6) is -0.0366. The molecule has 0 bridgehead atoms. The van der Waals surface area contributed by atoms with Gasteiger partial charge in [-0.15, -0.1) is 0 Å². The van der Waals surface area contributed by atoms with Gasteiger partial charge >= 0.3 is 0 Å². The molecule has 1 atom stereocenters. The van der Waals surface area contributed by atoms with Crippen LogP contribution >= 0.6 is 0 Å². The lowest BCUT2D eigenvalue weighted by Gasteiger charge is -2.35. The average molecular weight is 262 g/mol. The Bertz CT molecular complexity index is 465. The number of rotatable bonds is 2. The largest absolute Gasteiger partial charge is 0.365 e. The third-order valence-electron chi connectivity index (χ3n) is 3.39. The van der Waals surface area contributed by atoms with E-state index in [0.29, 0.717) is 13.2 Å². The first kappa shape index (κ1) is 14.0. The van der Waals surface area contributed by atoms with E-state index in [1.165, 1.54) is 5.56 Å². The summed E-state index contributed by atoms with van der Waals surface area (Å²) in [6.07, 6.45) is -0.512. The second-order valence-electron chi connectivity index (χ2n) is 5.85. The molecule has 4 nitrogen and oxygen atoms in total. The number of hydrogen-bond acceptors (Lipinski definition) is 3. The van der Waals surface area contributed by atoms with Gasteiger partial charge < -0.3 is 15.4 Å². The van der Waals surface area contributed by atoms with Crippen LogP contribution in [-0.2, 0) is 14.9 Å². The molecule has 0 saturated carbocycles. The number of carbonyl (C=O) groups is 1. The second-order valence-corrected chi connectivity index (χ2v) is 5.85. The zero-order valence-electron chi connectivity index (χ0n) is 11.8. The topological polar surface area (TPSA) is 55.6 Å². The molecular weight excluding hydrogens is 240 g/mol. The number of nitrogens with zero attached hydrogens (tertiary/aromatic N) is 1. The van der Waals surface area contributed by atoms with Crippen LogP contribution in [0.25, 0.3) is 0 Å². The number of amides is 1. The summed E-state index contributed by atoms with van der Waals surface area (Å²) in [4.78, 5) is 14.2. The minimum Gasteiger partial charge on any atom is -0.365 e. The van der Waals surface area contributed by atoms with E-state index in [4.69, 9.17) is 10.5 Å². The molecular formula is C15H22N2O2. The van der Waals surface area contributed by atoms with Gasteiger partial charge in [0.25, 0.3) is 5.91 Å². The number of nitrogens with two attached hydrogens (primary N) is 1. The Balaban J connectivity index is 2.39. The van der Waals surface area contributed by atoms with Crippen molar-refractivity contribution in [2.24, 2.45) is 5.73 Å². The van der Waals surface area contributed by atoms with Crippen molar-refractivity contribution < 1.29 is 9.53 Å². The lowest BCUT2D eigenvalue weighted by molar-refractivity contribution is -0.133. The zero-order valence-corrected chi connectivity index (χ0v) is 11.8. The van der Waals surface area contributed by atoms with Gasteiger partial charge in [-0.2, -0.15) is 0 Å². The summed E-state index contributed by atoms with van der Waals surface area (Å²) in [5, 5.41) is 0. The molecule has 1 unspecified atom stereocenters. The van der Waals surface area contributed by atoms with Crippen LogP contribution in [0.3, 0.4) is 0 Å². The van der Waals surface area contributed by atoms with Gasteiger partial charge in [-0.25, -0.2) is 0 Å². The lowest BCUT2D eigenvalue weighted by Crippen LogP contribution is -2.51. The van der Waals surface area contributed by atoms with Crippen LogP contribution in [0, 0.1) is 0 Å². The van der Waals surface area contributed by atoms with Gasteiger partial charge in [0.2, 0.25) is 0 Å². The van der Waals surface area contributed by atoms with Gasteiger partial charge in [0.1, 0.15) is 6.10 Å². The Kier molecular flexibility index (Phi) is 3.92. The summed E-state index contributed by atoms with van der Waals surface area (Å²) < 4.78 is 5.40. The highest BCUT2D eigenvalue weighted by atomic mass is 16.5. The smallest absolute Gasteiger partial charge is 0.257 e. The predicted octanol–water partition coefficient (Wildman–Crippen LogP) is 1.67. The number of morpholine rings is 1. The first-order chi connectivity index (χ1) is 8.95. The number of benzene rings is 1. The second kappa shape index (κ2) is 5.31. The minimum atomic E-state index is -0.512. The fourth-order valence-corrected chi connectivity index (χ4v) is 2.39. The Labute approximate surface area is 114 Å². The van der Waals surface area contributed by atoms with E-state index in [1.54, 1.807) is 0 Å². The maximum absolute atomic E-state index is 12.4. The van der Waals surface area contributed by atoms with Crippen molar-refractivity contribution in [3.05, 3.63) is 29.8 Å². The molecule has 0 aromatic heterocycles. The van der Waals surface area contributed by atoms with Crippen molar-refractivity contribution in [1.29, 1.82) is 0 Å². The first-order valence-corrected chi connectivity index (χ1v) is 6.67. The summed E-state index contributed by atoms with van der Waals surface area (Å²) >= 11 is 0. The molecule has 1 saturated heterocycles. The zero-order chi connectivity index (χ0) is 14.0. The molecule has 2 N–H and O–H groups in total. The first-order valence-electron chi connectivity index (χ1n) is 6.67. The molecule has 4 heteroatoms. The molecule has 19 heavy (non-hydrogen) atoms. The molecule has 1 aliphatic heterocycles. The number of carbonyl (C=O) groups excluding carboxylic acids is 1. The number of ether oxygens (including phenoxy) is 1. The Morgan fingerprint density at radius 2 is 2.05 bits per heavy atom. The van der Waals surface area contributed by atoms with Crippen molar-refractivity contribution in [2.75, 3.05) is 24.6 Å². The van der Waals surface area contributed by atoms with Crippen molar-refractivity contribution in [1.82, 2.24) is 0 Å². The van der Waals surface area contributed by atoms with Gasteiger partial charge in [0, 0.05) is 18.8 Å². The molecule has 1 aliphatic rings. The molecule has 0 radical (unpaired) electrons. The number of para-hydroxylation sites is 1. The van der Waals surface area contributed by atoms with Gasteiger partial charge in [-0.3, -0.25) is 4.79 Å². The van der Waals surface area contributed by atoms with E-state index < -0.39 is 6.10 Å². The Morgan fingerprint density at radius 3 is 2.68 bits per heavy atom. The third kappa shape index (κ3) is 2.80. The van der Waals surface area contributed by atoms with Crippen LogP contribution < -0.4 is 10.6 Å². The number of hydrogen-bond donors (Lipinski definition) is 1. The van der Waals surface area contributed by atoms with Crippen LogP contribution in [0.1, 0.15) is 26.3 Å². The van der Waals surface area contributed by atoms with E-state index in [2.05, 4.69) is 26.8 Å². The van der Waals surface area contributed by atoms with Gasteiger partial charge in [-0.05, 0) is 17.0 Å². The molecule has 0 spiro atoms. The summed E-state index contributed by atoms with van der Waals surface area (Å²) in [6, 6.07) is 8.05. The molecule has 1 aromatic rings. The van der Waals surface area contributed by atoms with Gasteiger partial charge in [-0.1, -0.05) is 39.0 Å². The van der Waals surface area contributed by atoms with Crippen LogP contribution in [0.4, 0.5) is 5.69 Å². The molecule has 1 fully saturated rings. The molecule has 0 aliphatic carbocycles. The van der Waals surface area contributed by atoms with Crippen LogP contribution in [0.15, 0.2) is 24.3 Å². The summed E-state index contributed by atoms with van der Waals surface area (Å²) in [7, 11) is 0. The van der Waals surface area contributed by atoms with Crippen molar-refractivity contribution in [3.63, 3.8) is 0 Å². The van der Waals surface area contributed by atoms with E-state index >= 15 is 0 Å². The normalized spacial score (nSPS) is 20.7. The van der Waals surface area contributed by atoms with E-state index in [1.807, 2.05) is 23.1 Å². The maximum atomic E-state index is 12.4. The number of anilines is 1. The third-order valence-corrected chi connectivity index (χ3v) is 3.39. The minimum absolute atomic E-state index is 0.00656. The van der Waals surface area contributed by atoms with E-state index in [9.17, 15) is 4.79 Å². The summed E-state index contributed by atoms with van der Waals surface area (Å²) in [5.41, 5.74) is 7.72. The predicted molar refractivity (Wildman–Crippen MR) is 76.3 cm³/mol. The molecule has 1 heterocycles. The van der Waals surface area contributed by atoms with Crippen LogP contribution in [0.2, 0.25) is 0 Å². The standard InChI is InChI=1S/C15H22N2O2/c1-15(2,3)11-6-4-5-7-12(11)17-8-9-19-13(10-16)14(17)18/h4-7,13H,8-10,16H2,1-3H3. The fraction of sp³-hybridized carbons (Fsp3) is 0.533. The SMILES string of the molecule is CC(C)(C)c1ccccc1N1CCOC(CN)C1=O. The average Bonchev–Trinajstić information content (AvgIpc) is 2.38. The van der Waals surface area contributed by atoms with Gasteiger partial charge in [0.15, 0.2) is 0 Å².